The van der Waals surface area contributed by atoms with Crippen molar-refractivity contribution in [2.75, 3.05) is 26.9 Å². The van der Waals surface area contributed by atoms with Crippen LogP contribution in [0.5, 0.6) is 28.7 Å². The Hall–Kier alpha value is -3.42. The summed E-state index contributed by atoms with van der Waals surface area (Å²) in [6.45, 7) is 1.06. The lowest BCUT2D eigenvalue weighted by Gasteiger charge is -2.24. The smallest absolute Gasteiger partial charge is 0.284 e. The monoisotopic (exact) mass is 370 g/mol. The Bertz CT molecular complexity index is 865. The topological polar surface area (TPSA) is 87.6 Å². The summed E-state index contributed by atoms with van der Waals surface area (Å²) >= 11 is 0. The minimum atomic E-state index is -0.771. The highest BCUT2D eigenvalue weighted by molar-refractivity contribution is 5.86. The van der Waals surface area contributed by atoms with Gasteiger partial charge in [-0.1, -0.05) is 12.1 Å². The maximum absolute atomic E-state index is 12.3. The largest absolute Gasteiger partial charge is 0.493 e. The SMILES string of the molecule is COc1cc(/C=N\NC(=O)[C@@H]2COc3ccccc3O2)cc2c1OCCO2. The molecule has 1 N–H and O–H groups in total. The average Bonchev–Trinajstić information content (AvgIpc) is 2.72. The van der Waals surface area contributed by atoms with Gasteiger partial charge >= 0.3 is 0 Å². The molecule has 0 unspecified atom stereocenters. The van der Waals surface area contributed by atoms with Gasteiger partial charge in [0.2, 0.25) is 11.9 Å². The lowest BCUT2D eigenvalue weighted by molar-refractivity contribution is -0.130. The van der Waals surface area contributed by atoms with Crippen LogP contribution < -0.4 is 29.1 Å². The van der Waals surface area contributed by atoms with Crippen LogP contribution in [0.15, 0.2) is 41.5 Å². The number of fused-ring (bicyclic) bond motifs is 2. The number of amides is 1. The van der Waals surface area contributed by atoms with Crippen LogP contribution in [0.1, 0.15) is 5.56 Å². The zero-order valence-electron chi connectivity index (χ0n) is 14.6. The second kappa shape index (κ2) is 7.45. The molecule has 27 heavy (non-hydrogen) atoms. The van der Waals surface area contributed by atoms with E-state index in [4.69, 9.17) is 23.7 Å². The van der Waals surface area contributed by atoms with Gasteiger partial charge in [-0.2, -0.15) is 5.10 Å². The molecule has 0 aliphatic carbocycles. The van der Waals surface area contributed by atoms with E-state index in [9.17, 15) is 4.79 Å². The number of hydrazone groups is 1. The first-order valence-electron chi connectivity index (χ1n) is 8.43. The molecule has 0 fully saturated rings. The maximum atomic E-state index is 12.3. The molecule has 0 spiro atoms. The molecule has 1 amide bonds. The van der Waals surface area contributed by atoms with Crippen LogP contribution in [0.3, 0.4) is 0 Å². The first-order valence-corrected chi connectivity index (χ1v) is 8.43. The van der Waals surface area contributed by atoms with Gasteiger partial charge in [0.15, 0.2) is 23.0 Å². The number of hydrogen-bond acceptors (Lipinski definition) is 7. The van der Waals surface area contributed by atoms with Crippen LogP contribution >= 0.6 is 0 Å². The number of para-hydroxylation sites is 2. The number of hydrogen-bond donors (Lipinski definition) is 1. The minimum absolute atomic E-state index is 0.121. The minimum Gasteiger partial charge on any atom is -0.493 e. The summed E-state index contributed by atoms with van der Waals surface area (Å²) in [6.07, 6.45) is 0.725. The van der Waals surface area contributed by atoms with Crippen molar-refractivity contribution in [1.29, 1.82) is 0 Å². The molecule has 0 aromatic heterocycles. The summed E-state index contributed by atoms with van der Waals surface area (Å²) in [4.78, 5) is 12.3. The molecule has 8 nitrogen and oxygen atoms in total. The van der Waals surface area contributed by atoms with E-state index in [2.05, 4.69) is 10.5 Å². The molecule has 0 bridgehead atoms. The highest BCUT2D eigenvalue weighted by atomic mass is 16.6. The number of rotatable bonds is 4. The summed E-state index contributed by atoms with van der Waals surface area (Å²) in [5, 5.41) is 3.99. The molecule has 0 saturated heterocycles. The number of nitrogens with one attached hydrogen (secondary N) is 1. The Morgan fingerprint density at radius 1 is 1.15 bits per heavy atom. The van der Waals surface area contributed by atoms with Crippen LogP contribution in [-0.2, 0) is 4.79 Å². The van der Waals surface area contributed by atoms with Gasteiger partial charge in [-0.15, -0.1) is 0 Å². The van der Waals surface area contributed by atoms with E-state index in [0.29, 0.717) is 47.5 Å². The highest BCUT2D eigenvalue weighted by Gasteiger charge is 2.27. The Kier molecular flexibility index (Phi) is 4.69. The van der Waals surface area contributed by atoms with Gasteiger partial charge in [0, 0.05) is 5.56 Å². The highest BCUT2D eigenvalue weighted by Crippen LogP contribution is 2.40. The van der Waals surface area contributed by atoms with Crippen LogP contribution in [0, 0.1) is 0 Å². The van der Waals surface area contributed by atoms with Crippen molar-refractivity contribution in [2.45, 2.75) is 6.10 Å². The van der Waals surface area contributed by atoms with Crippen molar-refractivity contribution in [3.63, 3.8) is 0 Å². The molecule has 2 aromatic carbocycles. The van der Waals surface area contributed by atoms with Gasteiger partial charge in [0.05, 0.1) is 13.3 Å². The van der Waals surface area contributed by atoms with Crippen molar-refractivity contribution < 1.29 is 28.5 Å². The van der Waals surface area contributed by atoms with Crippen molar-refractivity contribution in [3.05, 3.63) is 42.0 Å². The zero-order valence-corrected chi connectivity index (χ0v) is 14.6. The summed E-state index contributed by atoms with van der Waals surface area (Å²) in [7, 11) is 1.55. The summed E-state index contributed by atoms with van der Waals surface area (Å²) in [5.41, 5.74) is 3.16. The second-order valence-electron chi connectivity index (χ2n) is 5.85. The quantitative estimate of drug-likeness (QED) is 0.652. The van der Waals surface area contributed by atoms with Crippen LogP contribution in [0.4, 0.5) is 0 Å². The van der Waals surface area contributed by atoms with E-state index in [-0.39, 0.29) is 6.61 Å². The summed E-state index contributed by atoms with van der Waals surface area (Å²) in [5.74, 6) is 2.44. The predicted octanol–water partition coefficient (Wildman–Crippen LogP) is 1.76. The van der Waals surface area contributed by atoms with Gasteiger partial charge in [-0.3, -0.25) is 4.79 Å². The fraction of sp³-hybridized carbons (Fsp3) is 0.263. The molecule has 4 rings (SSSR count). The molecular formula is C19H18N2O6. The zero-order chi connectivity index (χ0) is 18.6. The number of carbonyl (C=O) groups is 1. The molecule has 140 valence electrons. The average molecular weight is 370 g/mol. The third kappa shape index (κ3) is 3.59. The normalized spacial score (nSPS) is 17.4. The molecule has 0 saturated carbocycles. The van der Waals surface area contributed by atoms with Crippen LogP contribution in [-0.4, -0.2) is 45.2 Å². The first kappa shape index (κ1) is 17.0. The molecule has 2 aliphatic heterocycles. The second-order valence-corrected chi connectivity index (χ2v) is 5.85. The molecule has 1 atom stereocenters. The Balaban J connectivity index is 1.41. The molecule has 8 heteroatoms. The van der Waals surface area contributed by atoms with Gasteiger partial charge in [0.25, 0.3) is 5.91 Å². The molecular weight excluding hydrogens is 352 g/mol. The van der Waals surface area contributed by atoms with E-state index in [1.165, 1.54) is 6.21 Å². The molecule has 2 heterocycles. The van der Waals surface area contributed by atoms with E-state index in [0.717, 1.165) is 0 Å². The summed E-state index contributed by atoms with van der Waals surface area (Å²) < 4.78 is 27.6. The predicted molar refractivity (Wildman–Crippen MR) is 96.1 cm³/mol. The van der Waals surface area contributed by atoms with Crippen LogP contribution in [0.2, 0.25) is 0 Å². The number of ether oxygens (including phenoxy) is 5. The Labute approximate surface area is 155 Å². The molecule has 2 aromatic rings. The van der Waals surface area contributed by atoms with E-state index in [1.54, 1.807) is 31.4 Å². The maximum Gasteiger partial charge on any atom is 0.284 e. The molecule has 2 aliphatic rings. The lowest BCUT2D eigenvalue weighted by atomic mass is 10.2. The van der Waals surface area contributed by atoms with Gasteiger partial charge in [-0.05, 0) is 24.3 Å². The standard InChI is InChI=1S/C19H18N2O6/c1-23-15-8-12(9-16-18(15)25-7-6-24-16)10-20-21-19(22)17-11-26-13-4-2-3-5-14(13)27-17/h2-5,8-10,17H,6-7,11H2,1H3,(H,21,22)/b20-10-/t17-/m0/s1. The Morgan fingerprint density at radius 3 is 2.81 bits per heavy atom. The van der Waals surface area contributed by atoms with Gasteiger partial charge in [0.1, 0.15) is 19.8 Å². The summed E-state index contributed by atoms with van der Waals surface area (Å²) in [6, 6.07) is 10.7. The number of nitrogens with zero attached hydrogens (tertiary/aromatic N) is 1. The number of methoxy groups -OCH3 is 1. The van der Waals surface area contributed by atoms with E-state index >= 15 is 0 Å². The first-order chi connectivity index (χ1) is 13.2. The van der Waals surface area contributed by atoms with Crippen molar-refractivity contribution in [2.24, 2.45) is 5.10 Å². The van der Waals surface area contributed by atoms with Gasteiger partial charge in [-0.25, -0.2) is 5.43 Å². The third-order valence-electron chi connectivity index (χ3n) is 4.04. The fourth-order valence-electron chi connectivity index (χ4n) is 2.76. The van der Waals surface area contributed by atoms with Crippen LogP contribution in [0.25, 0.3) is 0 Å². The number of benzene rings is 2. The fourth-order valence-corrected chi connectivity index (χ4v) is 2.76. The van der Waals surface area contributed by atoms with Crippen molar-refractivity contribution >= 4 is 12.1 Å². The van der Waals surface area contributed by atoms with E-state index in [1.807, 2.05) is 12.1 Å². The van der Waals surface area contributed by atoms with Crippen molar-refractivity contribution in [1.82, 2.24) is 5.43 Å². The Morgan fingerprint density at radius 2 is 1.96 bits per heavy atom. The molecule has 0 radical (unpaired) electrons. The van der Waals surface area contributed by atoms with Gasteiger partial charge < -0.3 is 23.7 Å². The van der Waals surface area contributed by atoms with Crippen molar-refractivity contribution in [3.8, 4) is 28.7 Å². The number of carbonyl (C=O) groups excluding carboxylic acids is 1. The van der Waals surface area contributed by atoms with E-state index < -0.39 is 12.0 Å². The third-order valence-corrected chi connectivity index (χ3v) is 4.04. The lowest BCUT2D eigenvalue weighted by Crippen LogP contribution is -2.42.